The van der Waals surface area contributed by atoms with E-state index in [-0.39, 0.29) is 11.6 Å². The molecule has 0 spiro atoms. The van der Waals surface area contributed by atoms with E-state index >= 15 is 0 Å². The Morgan fingerprint density at radius 2 is 2.19 bits per heavy atom. The number of benzene rings is 1. The molecular weight excluding hydrogens is 298 g/mol. The molecule has 1 atom stereocenters. The van der Waals surface area contributed by atoms with Crippen molar-refractivity contribution in [3.8, 4) is 10.6 Å². The zero-order chi connectivity index (χ0) is 15.4. The second-order valence-electron chi connectivity index (χ2n) is 4.56. The fourth-order valence-electron chi connectivity index (χ4n) is 1.62. The molecule has 1 heterocycles. The normalized spacial score (nSPS) is 12.2. The predicted octanol–water partition coefficient (Wildman–Crippen LogP) is 2.59. The van der Waals surface area contributed by atoms with Gasteiger partial charge in [0.2, 0.25) is 0 Å². The molecule has 21 heavy (non-hydrogen) atoms. The van der Waals surface area contributed by atoms with Gasteiger partial charge in [-0.2, -0.15) is 0 Å². The Balaban J connectivity index is 2.07. The van der Waals surface area contributed by atoms with Crippen LogP contribution in [0.2, 0.25) is 0 Å². The number of hydrogen-bond donors (Lipinski definition) is 2. The van der Waals surface area contributed by atoms with E-state index < -0.39 is 17.7 Å². The maximum atomic E-state index is 13.2. The van der Waals surface area contributed by atoms with Crippen molar-refractivity contribution < 1.29 is 18.7 Å². The van der Waals surface area contributed by atoms with Gasteiger partial charge in [-0.15, -0.1) is 11.3 Å². The van der Waals surface area contributed by atoms with Gasteiger partial charge in [-0.1, -0.05) is 0 Å². The third-order valence-electron chi connectivity index (χ3n) is 2.75. The summed E-state index contributed by atoms with van der Waals surface area (Å²) in [4.78, 5) is 15.9. The molecule has 0 bridgehead atoms. The van der Waals surface area contributed by atoms with E-state index in [1.54, 1.807) is 12.3 Å². The van der Waals surface area contributed by atoms with Crippen molar-refractivity contribution in [2.24, 2.45) is 0 Å². The number of aliphatic hydroxyl groups is 1. The molecule has 1 aromatic heterocycles. The van der Waals surface area contributed by atoms with Crippen LogP contribution in [0.3, 0.4) is 0 Å². The highest BCUT2D eigenvalue weighted by Gasteiger charge is 2.13. The number of halogens is 2. The Labute approximate surface area is 124 Å². The van der Waals surface area contributed by atoms with E-state index in [0.717, 1.165) is 12.1 Å². The molecule has 1 aromatic carbocycles. The SMILES string of the molecule is CC(O)CCNC(=O)c1csc(-c2ccc(F)c(F)c2)n1. The quantitative estimate of drug-likeness (QED) is 0.892. The van der Waals surface area contributed by atoms with Crippen LogP contribution >= 0.6 is 11.3 Å². The summed E-state index contributed by atoms with van der Waals surface area (Å²) in [5.41, 5.74) is 0.632. The molecule has 0 saturated heterocycles. The van der Waals surface area contributed by atoms with Gasteiger partial charge >= 0.3 is 0 Å². The summed E-state index contributed by atoms with van der Waals surface area (Å²) in [6, 6.07) is 3.48. The fraction of sp³-hybridized carbons (Fsp3) is 0.286. The Morgan fingerprint density at radius 1 is 1.43 bits per heavy atom. The number of carbonyl (C=O) groups excluding carboxylic acids is 1. The minimum absolute atomic E-state index is 0.213. The van der Waals surface area contributed by atoms with E-state index in [0.29, 0.717) is 23.5 Å². The predicted molar refractivity (Wildman–Crippen MR) is 76.1 cm³/mol. The summed E-state index contributed by atoms with van der Waals surface area (Å²) in [5.74, 6) is -2.24. The van der Waals surface area contributed by atoms with E-state index in [4.69, 9.17) is 5.11 Å². The van der Waals surface area contributed by atoms with Crippen LogP contribution in [-0.2, 0) is 0 Å². The number of carbonyl (C=O) groups is 1. The van der Waals surface area contributed by atoms with E-state index in [2.05, 4.69) is 10.3 Å². The Hall–Kier alpha value is -1.86. The molecule has 2 rings (SSSR count). The largest absolute Gasteiger partial charge is 0.393 e. The number of amides is 1. The molecule has 0 aliphatic carbocycles. The van der Waals surface area contributed by atoms with Crippen LogP contribution in [0.4, 0.5) is 8.78 Å². The molecular formula is C14H14F2N2O2S. The Bertz CT molecular complexity index is 644. The molecule has 0 saturated carbocycles. The molecule has 1 amide bonds. The zero-order valence-corrected chi connectivity index (χ0v) is 12.1. The van der Waals surface area contributed by atoms with E-state index in [9.17, 15) is 13.6 Å². The van der Waals surface area contributed by atoms with Crippen LogP contribution in [0.25, 0.3) is 10.6 Å². The first-order valence-electron chi connectivity index (χ1n) is 6.34. The van der Waals surface area contributed by atoms with Gasteiger partial charge in [0.25, 0.3) is 5.91 Å². The number of nitrogens with zero attached hydrogens (tertiary/aromatic N) is 1. The summed E-state index contributed by atoms with van der Waals surface area (Å²) in [6.07, 6.45) is -0.0372. The standard InChI is InChI=1S/C14H14F2N2O2S/c1-8(19)4-5-17-13(20)12-7-21-14(18-12)9-2-3-10(15)11(16)6-9/h2-3,6-8,19H,4-5H2,1H3,(H,17,20). The maximum Gasteiger partial charge on any atom is 0.270 e. The topological polar surface area (TPSA) is 62.2 Å². The lowest BCUT2D eigenvalue weighted by Crippen LogP contribution is -2.26. The second kappa shape index (κ2) is 6.73. The molecule has 7 heteroatoms. The summed E-state index contributed by atoms with van der Waals surface area (Å²) >= 11 is 1.17. The van der Waals surface area contributed by atoms with Gasteiger partial charge < -0.3 is 10.4 Å². The third-order valence-corrected chi connectivity index (χ3v) is 3.64. The summed E-state index contributed by atoms with van der Waals surface area (Å²) in [5, 5.41) is 13.7. The lowest BCUT2D eigenvalue weighted by atomic mass is 10.2. The highest BCUT2D eigenvalue weighted by atomic mass is 32.1. The van der Waals surface area contributed by atoms with Crippen molar-refractivity contribution in [3.05, 3.63) is 40.9 Å². The lowest BCUT2D eigenvalue weighted by molar-refractivity contribution is 0.0941. The maximum absolute atomic E-state index is 13.2. The first-order chi connectivity index (χ1) is 9.97. The van der Waals surface area contributed by atoms with Gasteiger partial charge in [-0.25, -0.2) is 13.8 Å². The molecule has 0 fully saturated rings. The van der Waals surface area contributed by atoms with Gasteiger partial charge in [-0.3, -0.25) is 4.79 Å². The molecule has 112 valence electrons. The van der Waals surface area contributed by atoms with Gasteiger partial charge in [0.05, 0.1) is 6.10 Å². The van der Waals surface area contributed by atoms with Crippen LogP contribution in [0.1, 0.15) is 23.8 Å². The number of aromatic nitrogens is 1. The van der Waals surface area contributed by atoms with Crippen molar-refractivity contribution in [2.75, 3.05) is 6.54 Å². The van der Waals surface area contributed by atoms with Gasteiger partial charge in [0.1, 0.15) is 10.7 Å². The van der Waals surface area contributed by atoms with Crippen molar-refractivity contribution in [1.29, 1.82) is 0 Å². The van der Waals surface area contributed by atoms with Crippen LogP contribution in [0.15, 0.2) is 23.6 Å². The molecule has 4 nitrogen and oxygen atoms in total. The molecule has 2 aromatic rings. The van der Waals surface area contributed by atoms with Crippen molar-refractivity contribution in [1.82, 2.24) is 10.3 Å². The van der Waals surface area contributed by atoms with E-state index in [1.165, 1.54) is 17.4 Å². The van der Waals surface area contributed by atoms with Crippen molar-refractivity contribution in [2.45, 2.75) is 19.4 Å². The minimum atomic E-state index is -0.953. The number of nitrogens with one attached hydrogen (secondary N) is 1. The highest BCUT2D eigenvalue weighted by Crippen LogP contribution is 2.25. The van der Waals surface area contributed by atoms with Crippen molar-refractivity contribution in [3.63, 3.8) is 0 Å². The average molecular weight is 312 g/mol. The second-order valence-corrected chi connectivity index (χ2v) is 5.42. The molecule has 1 unspecified atom stereocenters. The summed E-state index contributed by atoms with van der Waals surface area (Å²) in [7, 11) is 0. The smallest absolute Gasteiger partial charge is 0.270 e. The summed E-state index contributed by atoms with van der Waals surface area (Å²) < 4.78 is 26.0. The molecule has 0 aliphatic rings. The number of thiazole rings is 1. The van der Waals surface area contributed by atoms with Crippen LogP contribution < -0.4 is 5.32 Å². The highest BCUT2D eigenvalue weighted by molar-refractivity contribution is 7.13. The van der Waals surface area contributed by atoms with Crippen molar-refractivity contribution >= 4 is 17.2 Å². The summed E-state index contributed by atoms with van der Waals surface area (Å²) in [6.45, 7) is 1.98. The molecule has 0 radical (unpaired) electrons. The monoisotopic (exact) mass is 312 g/mol. The van der Waals surface area contributed by atoms with E-state index in [1.807, 2.05) is 0 Å². The first kappa shape index (κ1) is 15.5. The fourth-order valence-corrected chi connectivity index (χ4v) is 2.42. The van der Waals surface area contributed by atoms with Crippen LogP contribution in [0, 0.1) is 11.6 Å². The zero-order valence-electron chi connectivity index (χ0n) is 11.3. The van der Waals surface area contributed by atoms with Gasteiger partial charge in [0.15, 0.2) is 11.6 Å². The number of rotatable bonds is 5. The molecule has 2 N–H and O–H groups in total. The first-order valence-corrected chi connectivity index (χ1v) is 7.22. The molecule has 0 aliphatic heterocycles. The number of hydrogen-bond acceptors (Lipinski definition) is 4. The van der Waals surface area contributed by atoms with Gasteiger partial charge in [-0.05, 0) is 31.5 Å². The average Bonchev–Trinajstić information content (AvgIpc) is 2.91. The Kier molecular flexibility index (Phi) is 4.98. The minimum Gasteiger partial charge on any atom is -0.393 e. The Morgan fingerprint density at radius 3 is 2.86 bits per heavy atom. The van der Waals surface area contributed by atoms with Crippen LogP contribution in [-0.4, -0.2) is 28.6 Å². The van der Waals surface area contributed by atoms with Gasteiger partial charge in [0, 0.05) is 17.5 Å². The van der Waals surface area contributed by atoms with Crippen LogP contribution in [0.5, 0.6) is 0 Å². The number of aliphatic hydroxyl groups excluding tert-OH is 1. The third kappa shape index (κ3) is 4.05. The lowest BCUT2D eigenvalue weighted by Gasteiger charge is -2.04.